The van der Waals surface area contributed by atoms with Crippen LogP contribution in [0.25, 0.3) is 0 Å². The first-order valence-corrected chi connectivity index (χ1v) is 7.46. The number of esters is 1. The molecule has 0 aliphatic carbocycles. The maximum Gasteiger partial charge on any atom is 0.338 e. The third kappa shape index (κ3) is 5.12. The molecule has 0 aliphatic heterocycles. The molecule has 0 radical (unpaired) electrons. The second-order valence-corrected chi connectivity index (χ2v) is 5.00. The van der Waals surface area contributed by atoms with Crippen molar-refractivity contribution in [2.75, 3.05) is 24.9 Å². The average molecular weight is 337 g/mol. The zero-order valence-electron chi connectivity index (χ0n) is 12.5. The summed E-state index contributed by atoms with van der Waals surface area (Å²) in [7, 11) is 1.32. The first-order chi connectivity index (χ1) is 11.1. The molecular weight excluding hydrogens is 320 g/mol. The van der Waals surface area contributed by atoms with Crippen molar-refractivity contribution in [1.82, 2.24) is 4.98 Å². The number of methoxy groups -OCH3 is 1. The van der Waals surface area contributed by atoms with Crippen LogP contribution in [0.2, 0.25) is 0 Å². The standard InChI is InChI=1S/C16H17ClN2O4/c1-22-16(21)11-6-7-18-15(8-11)23-14-4-2-12(3-5-14)19-10-13(20)9-17/h2-8,13,19-20H,9-10H2,1H3. The monoisotopic (exact) mass is 336 g/mol. The van der Waals surface area contributed by atoms with Crippen LogP contribution in [0.4, 0.5) is 5.69 Å². The molecule has 1 aromatic heterocycles. The molecule has 0 bridgehead atoms. The fourth-order valence-electron chi connectivity index (χ4n) is 1.76. The number of benzene rings is 1. The van der Waals surface area contributed by atoms with Gasteiger partial charge in [0.25, 0.3) is 0 Å². The number of nitrogens with one attached hydrogen (secondary N) is 1. The molecule has 1 aromatic carbocycles. The summed E-state index contributed by atoms with van der Waals surface area (Å²) >= 11 is 5.53. The number of aromatic nitrogens is 1. The lowest BCUT2D eigenvalue weighted by molar-refractivity contribution is 0.0600. The van der Waals surface area contributed by atoms with E-state index in [-0.39, 0.29) is 5.88 Å². The number of aliphatic hydroxyl groups is 1. The van der Waals surface area contributed by atoms with Crippen molar-refractivity contribution in [3.8, 4) is 11.6 Å². The Labute approximate surface area is 139 Å². The summed E-state index contributed by atoms with van der Waals surface area (Å²) in [5.74, 6) is 0.597. The van der Waals surface area contributed by atoms with Crippen LogP contribution in [0, 0.1) is 0 Å². The van der Waals surface area contributed by atoms with E-state index in [0.717, 1.165) is 5.69 Å². The first-order valence-electron chi connectivity index (χ1n) is 6.92. The predicted octanol–water partition coefficient (Wildman–Crippen LogP) is 2.67. The topological polar surface area (TPSA) is 80.7 Å². The Hall–Kier alpha value is -2.31. The van der Waals surface area contributed by atoms with E-state index in [9.17, 15) is 9.90 Å². The van der Waals surface area contributed by atoms with Gasteiger partial charge in [0.1, 0.15) is 5.75 Å². The maximum atomic E-state index is 11.5. The SMILES string of the molecule is COC(=O)c1ccnc(Oc2ccc(NCC(O)CCl)cc2)c1. The van der Waals surface area contributed by atoms with E-state index in [1.165, 1.54) is 19.4 Å². The zero-order valence-corrected chi connectivity index (χ0v) is 13.3. The molecule has 1 atom stereocenters. The zero-order chi connectivity index (χ0) is 16.7. The van der Waals surface area contributed by atoms with Crippen LogP contribution in [0.15, 0.2) is 42.6 Å². The Morgan fingerprint density at radius 2 is 2.09 bits per heavy atom. The number of aliphatic hydroxyl groups excluding tert-OH is 1. The third-order valence-corrected chi connectivity index (χ3v) is 3.31. The molecule has 23 heavy (non-hydrogen) atoms. The van der Waals surface area contributed by atoms with E-state index < -0.39 is 12.1 Å². The van der Waals surface area contributed by atoms with E-state index in [1.54, 1.807) is 30.3 Å². The number of anilines is 1. The van der Waals surface area contributed by atoms with Crippen LogP contribution in [-0.4, -0.2) is 41.7 Å². The van der Waals surface area contributed by atoms with Gasteiger partial charge in [0.05, 0.1) is 24.7 Å². The molecule has 122 valence electrons. The van der Waals surface area contributed by atoms with Crippen molar-refractivity contribution < 1.29 is 19.4 Å². The van der Waals surface area contributed by atoms with Crippen LogP contribution < -0.4 is 10.1 Å². The highest BCUT2D eigenvalue weighted by Gasteiger charge is 2.08. The number of alkyl halides is 1. The Balaban J connectivity index is 1.99. The second-order valence-electron chi connectivity index (χ2n) is 4.69. The van der Waals surface area contributed by atoms with Gasteiger partial charge in [-0.2, -0.15) is 0 Å². The highest BCUT2D eigenvalue weighted by Crippen LogP contribution is 2.22. The Morgan fingerprint density at radius 3 is 2.74 bits per heavy atom. The number of carbonyl (C=O) groups excluding carboxylic acids is 1. The molecular formula is C16H17ClN2O4. The molecule has 0 amide bonds. The summed E-state index contributed by atoms with van der Waals surface area (Å²) < 4.78 is 10.3. The number of ether oxygens (including phenoxy) is 2. The van der Waals surface area contributed by atoms with Crippen molar-refractivity contribution in [3.63, 3.8) is 0 Å². The van der Waals surface area contributed by atoms with Gasteiger partial charge in [-0.05, 0) is 30.3 Å². The largest absolute Gasteiger partial charge is 0.465 e. The van der Waals surface area contributed by atoms with Gasteiger partial charge in [-0.1, -0.05) is 0 Å². The van der Waals surface area contributed by atoms with Gasteiger partial charge < -0.3 is 19.9 Å². The van der Waals surface area contributed by atoms with E-state index in [0.29, 0.717) is 23.7 Å². The summed E-state index contributed by atoms with van der Waals surface area (Å²) in [5.41, 5.74) is 1.20. The second kappa shape index (κ2) is 8.36. The Kier molecular flexibility index (Phi) is 6.19. The van der Waals surface area contributed by atoms with Crippen LogP contribution in [-0.2, 0) is 4.74 Å². The number of carbonyl (C=O) groups is 1. The van der Waals surface area contributed by atoms with E-state index in [2.05, 4.69) is 15.0 Å². The average Bonchev–Trinajstić information content (AvgIpc) is 2.60. The number of halogens is 1. The quantitative estimate of drug-likeness (QED) is 0.597. The maximum absolute atomic E-state index is 11.5. The summed E-state index contributed by atoms with van der Waals surface area (Å²) in [5, 5.41) is 12.4. The molecule has 2 rings (SSSR count). The van der Waals surface area contributed by atoms with Crippen LogP contribution in [0.5, 0.6) is 11.6 Å². The predicted molar refractivity (Wildman–Crippen MR) is 87.3 cm³/mol. The number of hydrogen-bond acceptors (Lipinski definition) is 6. The molecule has 1 heterocycles. The number of pyridine rings is 1. The summed E-state index contributed by atoms with van der Waals surface area (Å²) in [4.78, 5) is 15.5. The minimum atomic E-state index is -0.599. The van der Waals surface area contributed by atoms with E-state index in [1.807, 2.05) is 0 Å². The minimum Gasteiger partial charge on any atom is -0.465 e. The Morgan fingerprint density at radius 1 is 1.35 bits per heavy atom. The van der Waals surface area contributed by atoms with Gasteiger partial charge in [-0.25, -0.2) is 9.78 Å². The Bertz CT molecular complexity index is 649. The fourth-order valence-corrected chi connectivity index (χ4v) is 1.87. The van der Waals surface area contributed by atoms with Crippen molar-refractivity contribution >= 4 is 23.3 Å². The van der Waals surface area contributed by atoms with Gasteiger partial charge >= 0.3 is 5.97 Å². The molecule has 0 spiro atoms. The number of hydrogen-bond donors (Lipinski definition) is 2. The van der Waals surface area contributed by atoms with Gasteiger partial charge in [0.2, 0.25) is 5.88 Å². The van der Waals surface area contributed by atoms with Gasteiger partial charge in [0, 0.05) is 24.5 Å². The highest BCUT2D eigenvalue weighted by molar-refractivity contribution is 6.18. The van der Waals surface area contributed by atoms with Gasteiger partial charge in [-0.15, -0.1) is 11.6 Å². The summed E-state index contributed by atoms with van der Waals surface area (Å²) in [6, 6.07) is 10.2. The molecule has 7 heteroatoms. The molecule has 0 aliphatic rings. The normalized spacial score (nSPS) is 11.6. The smallest absolute Gasteiger partial charge is 0.338 e. The van der Waals surface area contributed by atoms with Crippen molar-refractivity contribution in [1.29, 1.82) is 0 Å². The molecule has 0 saturated carbocycles. The molecule has 0 fully saturated rings. The summed E-state index contributed by atoms with van der Waals surface area (Å²) in [6.45, 7) is 0.367. The lowest BCUT2D eigenvalue weighted by Crippen LogP contribution is -2.20. The van der Waals surface area contributed by atoms with Gasteiger partial charge in [-0.3, -0.25) is 0 Å². The van der Waals surface area contributed by atoms with Crippen molar-refractivity contribution in [2.24, 2.45) is 0 Å². The third-order valence-electron chi connectivity index (χ3n) is 2.95. The van der Waals surface area contributed by atoms with Crippen molar-refractivity contribution in [2.45, 2.75) is 6.10 Å². The van der Waals surface area contributed by atoms with E-state index in [4.69, 9.17) is 16.3 Å². The van der Waals surface area contributed by atoms with Gasteiger partial charge in [0.15, 0.2) is 0 Å². The molecule has 1 unspecified atom stereocenters. The van der Waals surface area contributed by atoms with Crippen LogP contribution in [0.1, 0.15) is 10.4 Å². The van der Waals surface area contributed by atoms with Crippen molar-refractivity contribution in [3.05, 3.63) is 48.2 Å². The molecule has 0 saturated heterocycles. The first kappa shape index (κ1) is 17.1. The van der Waals surface area contributed by atoms with Crippen LogP contribution in [0.3, 0.4) is 0 Å². The lowest BCUT2D eigenvalue weighted by Gasteiger charge is -2.11. The summed E-state index contributed by atoms with van der Waals surface area (Å²) in [6.07, 6.45) is 0.878. The van der Waals surface area contributed by atoms with Crippen LogP contribution >= 0.6 is 11.6 Å². The highest BCUT2D eigenvalue weighted by atomic mass is 35.5. The fraction of sp³-hybridized carbons (Fsp3) is 0.250. The molecule has 2 N–H and O–H groups in total. The van der Waals surface area contributed by atoms with E-state index >= 15 is 0 Å². The number of rotatable bonds is 7. The molecule has 6 nitrogen and oxygen atoms in total. The number of nitrogens with zero attached hydrogens (tertiary/aromatic N) is 1. The lowest BCUT2D eigenvalue weighted by atomic mass is 10.2. The minimum absolute atomic E-state index is 0.177. The molecule has 2 aromatic rings.